The second-order valence-corrected chi connectivity index (χ2v) is 7.19. The van der Waals surface area contributed by atoms with Gasteiger partial charge in [0.2, 0.25) is 0 Å². The lowest BCUT2D eigenvalue weighted by molar-refractivity contribution is 0.206. The molecule has 2 amide bonds. The summed E-state index contributed by atoms with van der Waals surface area (Å²) in [6.45, 7) is 1.22. The van der Waals surface area contributed by atoms with Gasteiger partial charge >= 0.3 is 6.03 Å². The number of hydrogen-bond acceptors (Lipinski definition) is 3. The topological polar surface area (TPSA) is 61.0 Å². The van der Waals surface area contributed by atoms with E-state index in [9.17, 15) is 4.79 Å². The highest BCUT2D eigenvalue weighted by Gasteiger charge is 2.18. The van der Waals surface area contributed by atoms with E-state index in [-0.39, 0.29) is 6.03 Å². The molecule has 1 fully saturated rings. The molecule has 6 heteroatoms. The first-order chi connectivity index (χ1) is 11.2. The van der Waals surface area contributed by atoms with Crippen molar-refractivity contribution in [3.8, 4) is 11.3 Å². The van der Waals surface area contributed by atoms with Crippen LogP contribution in [0.4, 0.5) is 4.79 Å². The fraction of sp³-hybridized carbons (Fsp3) is 0.412. The van der Waals surface area contributed by atoms with Gasteiger partial charge in [0.25, 0.3) is 0 Å². The van der Waals surface area contributed by atoms with Gasteiger partial charge in [0.15, 0.2) is 0 Å². The summed E-state index contributed by atoms with van der Waals surface area (Å²) in [6.07, 6.45) is 4.27. The van der Waals surface area contributed by atoms with Gasteiger partial charge in [-0.1, -0.05) is 30.3 Å². The molecule has 1 atom stereocenters. The summed E-state index contributed by atoms with van der Waals surface area (Å²) >= 11 is 1.95. The number of urea groups is 1. The Bertz CT molecular complexity index is 637. The summed E-state index contributed by atoms with van der Waals surface area (Å²) in [5.74, 6) is 2.00. The number of benzene rings is 1. The quantitative estimate of drug-likeness (QED) is 0.885. The van der Waals surface area contributed by atoms with Crippen molar-refractivity contribution < 1.29 is 4.79 Å². The molecule has 1 saturated heterocycles. The maximum atomic E-state index is 12.1. The number of aromatic amines is 1. The molecule has 0 unspecified atom stereocenters. The van der Waals surface area contributed by atoms with Crippen LogP contribution in [0.2, 0.25) is 0 Å². The summed E-state index contributed by atoms with van der Waals surface area (Å²) in [5, 5.41) is 3.58. The second-order valence-electron chi connectivity index (χ2n) is 5.79. The molecule has 0 bridgehead atoms. The Morgan fingerprint density at radius 1 is 1.43 bits per heavy atom. The number of carbonyl (C=O) groups excluding carboxylic acids is 1. The molecular weight excluding hydrogens is 308 g/mol. The zero-order valence-corrected chi connectivity index (χ0v) is 14.1. The Labute approximate surface area is 140 Å². The van der Waals surface area contributed by atoms with E-state index in [1.807, 2.05) is 48.3 Å². The second kappa shape index (κ2) is 7.55. The van der Waals surface area contributed by atoms with Crippen LogP contribution in [-0.4, -0.2) is 45.5 Å². The number of hydrogen-bond donors (Lipinski definition) is 2. The highest BCUT2D eigenvalue weighted by Crippen LogP contribution is 2.25. The SMILES string of the molecule is CN(Cc1ncc(-c2ccccc2)[nH]1)C(=O)NC[C@@H]1CCCS1. The average Bonchev–Trinajstić information content (AvgIpc) is 3.25. The summed E-state index contributed by atoms with van der Waals surface area (Å²) in [7, 11) is 1.79. The molecule has 5 nitrogen and oxygen atoms in total. The van der Waals surface area contributed by atoms with Gasteiger partial charge in [0.05, 0.1) is 18.4 Å². The Morgan fingerprint density at radius 2 is 2.26 bits per heavy atom. The lowest BCUT2D eigenvalue weighted by Crippen LogP contribution is -2.39. The van der Waals surface area contributed by atoms with Crippen LogP contribution < -0.4 is 5.32 Å². The van der Waals surface area contributed by atoms with Gasteiger partial charge in [0.1, 0.15) is 5.82 Å². The molecule has 0 spiro atoms. The summed E-state index contributed by atoms with van der Waals surface area (Å²) < 4.78 is 0. The van der Waals surface area contributed by atoms with Gasteiger partial charge < -0.3 is 15.2 Å². The molecule has 23 heavy (non-hydrogen) atoms. The molecule has 1 aromatic carbocycles. The zero-order valence-electron chi connectivity index (χ0n) is 13.3. The summed E-state index contributed by atoms with van der Waals surface area (Å²) in [6, 6.07) is 10.0. The van der Waals surface area contributed by atoms with Crippen molar-refractivity contribution in [1.82, 2.24) is 20.2 Å². The maximum Gasteiger partial charge on any atom is 0.317 e. The zero-order chi connectivity index (χ0) is 16.1. The summed E-state index contributed by atoms with van der Waals surface area (Å²) in [5.41, 5.74) is 2.06. The van der Waals surface area contributed by atoms with Gasteiger partial charge in [-0.15, -0.1) is 0 Å². The third-order valence-corrected chi connectivity index (χ3v) is 5.35. The first-order valence-corrected chi connectivity index (χ1v) is 8.97. The first kappa shape index (κ1) is 15.9. The first-order valence-electron chi connectivity index (χ1n) is 7.92. The molecule has 1 aliphatic rings. The number of carbonyl (C=O) groups is 1. The molecule has 0 saturated carbocycles. The lowest BCUT2D eigenvalue weighted by atomic mass is 10.2. The van der Waals surface area contributed by atoms with Crippen LogP contribution in [0.1, 0.15) is 18.7 Å². The van der Waals surface area contributed by atoms with Gasteiger partial charge in [-0.3, -0.25) is 0 Å². The van der Waals surface area contributed by atoms with E-state index in [1.165, 1.54) is 18.6 Å². The van der Waals surface area contributed by atoms with E-state index in [0.717, 1.165) is 23.6 Å². The van der Waals surface area contributed by atoms with E-state index in [1.54, 1.807) is 11.9 Å². The van der Waals surface area contributed by atoms with Crippen molar-refractivity contribution in [1.29, 1.82) is 0 Å². The monoisotopic (exact) mass is 330 g/mol. The highest BCUT2D eigenvalue weighted by atomic mass is 32.2. The molecule has 122 valence electrons. The Kier molecular flexibility index (Phi) is 5.23. The lowest BCUT2D eigenvalue weighted by Gasteiger charge is -2.18. The number of aromatic nitrogens is 2. The summed E-state index contributed by atoms with van der Waals surface area (Å²) in [4.78, 5) is 21.5. The Balaban J connectivity index is 1.52. The van der Waals surface area contributed by atoms with Crippen LogP contribution in [0.5, 0.6) is 0 Å². The number of rotatable bonds is 5. The molecule has 0 aliphatic carbocycles. The third-order valence-electron chi connectivity index (χ3n) is 3.95. The molecule has 2 heterocycles. The van der Waals surface area contributed by atoms with Crippen molar-refractivity contribution in [3.05, 3.63) is 42.4 Å². The minimum atomic E-state index is -0.0461. The fourth-order valence-corrected chi connectivity index (χ4v) is 3.85. The van der Waals surface area contributed by atoms with Crippen molar-refractivity contribution in [2.75, 3.05) is 19.3 Å². The number of nitrogens with one attached hydrogen (secondary N) is 2. The van der Waals surface area contributed by atoms with Crippen LogP contribution in [0.15, 0.2) is 36.5 Å². The number of amides is 2. The van der Waals surface area contributed by atoms with Crippen LogP contribution >= 0.6 is 11.8 Å². The van der Waals surface area contributed by atoms with E-state index in [4.69, 9.17) is 0 Å². The normalized spacial score (nSPS) is 17.2. The van der Waals surface area contributed by atoms with Crippen LogP contribution in [0, 0.1) is 0 Å². The average molecular weight is 330 g/mol. The molecule has 1 aromatic heterocycles. The number of thioether (sulfide) groups is 1. The number of imidazole rings is 1. The number of H-pyrrole nitrogens is 1. The standard InChI is InChI=1S/C17H22N4OS/c1-21(17(22)19-10-14-8-5-9-23-14)12-16-18-11-15(20-16)13-6-3-2-4-7-13/h2-4,6-7,11,14H,5,8-10,12H2,1H3,(H,18,20)(H,19,22)/t14-/m0/s1. The van der Waals surface area contributed by atoms with Crippen LogP contribution in [-0.2, 0) is 6.54 Å². The van der Waals surface area contributed by atoms with Gasteiger partial charge in [-0.2, -0.15) is 11.8 Å². The Morgan fingerprint density at radius 3 is 3.00 bits per heavy atom. The Hall–Kier alpha value is -1.95. The van der Waals surface area contributed by atoms with Crippen LogP contribution in [0.25, 0.3) is 11.3 Å². The van der Waals surface area contributed by atoms with E-state index in [0.29, 0.717) is 11.8 Å². The van der Waals surface area contributed by atoms with Gasteiger partial charge in [-0.25, -0.2) is 9.78 Å². The molecule has 3 rings (SSSR count). The van der Waals surface area contributed by atoms with E-state index in [2.05, 4.69) is 15.3 Å². The maximum absolute atomic E-state index is 12.1. The van der Waals surface area contributed by atoms with Crippen molar-refractivity contribution >= 4 is 17.8 Å². The van der Waals surface area contributed by atoms with Crippen LogP contribution in [0.3, 0.4) is 0 Å². The smallest absolute Gasteiger partial charge is 0.317 e. The minimum Gasteiger partial charge on any atom is -0.341 e. The molecule has 0 radical (unpaired) electrons. The largest absolute Gasteiger partial charge is 0.341 e. The van der Waals surface area contributed by atoms with Crippen molar-refractivity contribution in [3.63, 3.8) is 0 Å². The predicted molar refractivity (Wildman–Crippen MR) is 94.4 cm³/mol. The minimum absolute atomic E-state index is 0.0461. The molecule has 1 aliphatic heterocycles. The van der Waals surface area contributed by atoms with Gasteiger partial charge in [0, 0.05) is 18.8 Å². The third kappa shape index (κ3) is 4.28. The van der Waals surface area contributed by atoms with Gasteiger partial charge in [-0.05, 0) is 24.2 Å². The predicted octanol–water partition coefficient (Wildman–Crippen LogP) is 3.11. The molecular formula is C17H22N4OS. The molecule has 2 aromatic rings. The molecule has 2 N–H and O–H groups in total. The highest BCUT2D eigenvalue weighted by molar-refractivity contribution is 8.00. The van der Waals surface area contributed by atoms with Crippen molar-refractivity contribution in [2.24, 2.45) is 0 Å². The van der Waals surface area contributed by atoms with Crippen molar-refractivity contribution in [2.45, 2.75) is 24.6 Å². The van der Waals surface area contributed by atoms with E-state index >= 15 is 0 Å². The number of nitrogens with zero attached hydrogens (tertiary/aromatic N) is 2. The van der Waals surface area contributed by atoms with E-state index < -0.39 is 0 Å². The fourth-order valence-electron chi connectivity index (χ4n) is 2.65.